The number of hydrogen-bond acceptors (Lipinski definition) is 17. The minimum absolute atomic E-state index is 0.0299. The van der Waals surface area contributed by atoms with Crippen molar-refractivity contribution in [3.8, 4) is 5.75 Å². The molecule has 9 amide bonds. The zero-order valence-electron chi connectivity index (χ0n) is 44.6. The van der Waals surface area contributed by atoms with Crippen LogP contribution in [-0.4, -0.2) is 176 Å². The summed E-state index contributed by atoms with van der Waals surface area (Å²) in [7, 11) is 0. The molecule has 2 aromatic carbocycles. The van der Waals surface area contributed by atoms with E-state index in [-0.39, 0.29) is 50.8 Å². The average molecular weight is 1130 g/mol. The Kier molecular flexibility index (Phi) is 30.2. The summed E-state index contributed by atoms with van der Waals surface area (Å²) in [5.41, 5.74) is 17.7. The van der Waals surface area contributed by atoms with Gasteiger partial charge in [0.25, 0.3) is 0 Å². The van der Waals surface area contributed by atoms with E-state index in [1.807, 2.05) is 0 Å². The van der Waals surface area contributed by atoms with Gasteiger partial charge in [-0.1, -0.05) is 62.7 Å². The lowest BCUT2D eigenvalue weighted by Crippen LogP contribution is -2.63. The molecule has 0 saturated carbocycles. The van der Waals surface area contributed by atoms with Crippen molar-refractivity contribution < 1.29 is 78.3 Å². The first-order valence-corrected chi connectivity index (χ1v) is 27.0. The number of carbonyl (C=O) groups is 11. The second kappa shape index (κ2) is 35.2. The van der Waals surface area contributed by atoms with Gasteiger partial charge in [0, 0.05) is 19.3 Å². The Balaban J connectivity index is 2.52. The summed E-state index contributed by atoms with van der Waals surface area (Å²) in [6.45, 7) is 3.50. The van der Waals surface area contributed by atoms with E-state index in [0.29, 0.717) is 29.7 Å². The highest BCUT2D eigenvalue weighted by Gasteiger charge is 2.37. The van der Waals surface area contributed by atoms with Crippen molar-refractivity contribution in [1.29, 1.82) is 0 Å². The molecular formula is C51H77N11O16S. The van der Waals surface area contributed by atoms with E-state index in [0.717, 1.165) is 6.92 Å². The highest BCUT2D eigenvalue weighted by atomic mass is 32.2. The molecule has 0 heterocycles. The highest BCUT2D eigenvalue weighted by molar-refractivity contribution is 7.98. The lowest BCUT2D eigenvalue weighted by Gasteiger charge is -2.29. The SMILES string of the molecule is CC[C@H](C)[C@H](NC(=O)[C@@H](N)CC(=O)O)C(=O)N[C@@H](CO)C(=O)N[C@H](C(=O)N[C@@H](CCCCN)C(=O)N[C@@H](Cc1ccc(O)cc1)C(=O)N[C@@H](Cc1ccccc1)C(=O)N[C@@H](CCC(N)=O)C(=O)N[C@@H](CCSC)C(=O)O)[C@@H](C)O. The van der Waals surface area contributed by atoms with Crippen LogP contribution in [0.15, 0.2) is 54.6 Å². The highest BCUT2D eigenvalue weighted by Crippen LogP contribution is 2.15. The quantitative estimate of drug-likeness (QED) is 0.0292. The van der Waals surface area contributed by atoms with Crippen molar-refractivity contribution in [2.75, 3.05) is 25.2 Å². The van der Waals surface area contributed by atoms with E-state index in [1.165, 1.54) is 36.0 Å². The zero-order valence-corrected chi connectivity index (χ0v) is 45.4. The molecule has 0 aliphatic heterocycles. The Morgan fingerprint density at radius 3 is 1.54 bits per heavy atom. The molecule has 19 N–H and O–H groups in total. The van der Waals surface area contributed by atoms with E-state index in [4.69, 9.17) is 22.3 Å². The van der Waals surface area contributed by atoms with Gasteiger partial charge < -0.3 is 85.3 Å². The minimum Gasteiger partial charge on any atom is -0.508 e. The van der Waals surface area contributed by atoms with Crippen LogP contribution in [-0.2, 0) is 65.6 Å². The number of amides is 9. The van der Waals surface area contributed by atoms with Gasteiger partial charge in [0.2, 0.25) is 53.2 Å². The van der Waals surface area contributed by atoms with Crippen LogP contribution in [0.4, 0.5) is 0 Å². The van der Waals surface area contributed by atoms with Crippen LogP contribution >= 0.6 is 11.8 Å². The van der Waals surface area contributed by atoms with Crippen molar-refractivity contribution in [1.82, 2.24) is 42.5 Å². The predicted octanol–water partition coefficient (Wildman–Crippen LogP) is -3.49. The third kappa shape index (κ3) is 24.4. The number of aliphatic carboxylic acids is 2. The lowest BCUT2D eigenvalue weighted by molar-refractivity contribution is -0.142. The summed E-state index contributed by atoms with van der Waals surface area (Å²) in [6, 6.07) is -0.0874. The van der Waals surface area contributed by atoms with Crippen molar-refractivity contribution in [2.45, 2.75) is 145 Å². The largest absolute Gasteiger partial charge is 0.508 e. The van der Waals surface area contributed by atoms with Gasteiger partial charge in [-0.15, -0.1) is 0 Å². The van der Waals surface area contributed by atoms with Crippen molar-refractivity contribution >= 4 is 76.9 Å². The summed E-state index contributed by atoms with van der Waals surface area (Å²) in [6.07, 6.45) is -1.14. The summed E-state index contributed by atoms with van der Waals surface area (Å²) in [5, 5.41) is 69.4. The first-order chi connectivity index (χ1) is 37.3. The van der Waals surface area contributed by atoms with Crippen LogP contribution in [0.2, 0.25) is 0 Å². The summed E-state index contributed by atoms with van der Waals surface area (Å²) in [5.74, 6) is -12.0. The van der Waals surface area contributed by atoms with E-state index < -0.39 is 151 Å². The molecule has 2 rings (SSSR count). The van der Waals surface area contributed by atoms with Crippen LogP contribution in [0.5, 0.6) is 5.75 Å². The van der Waals surface area contributed by atoms with E-state index in [9.17, 15) is 73.2 Å². The Morgan fingerprint density at radius 2 is 1.05 bits per heavy atom. The molecule has 0 bridgehead atoms. The number of phenols is 1. The predicted molar refractivity (Wildman–Crippen MR) is 288 cm³/mol. The molecule has 0 saturated heterocycles. The summed E-state index contributed by atoms with van der Waals surface area (Å²) < 4.78 is 0. The van der Waals surface area contributed by atoms with Crippen molar-refractivity contribution in [3.05, 3.63) is 65.7 Å². The van der Waals surface area contributed by atoms with Gasteiger partial charge in [0.15, 0.2) is 0 Å². The number of aliphatic hydroxyl groups is 2. The smallest absolute Gasteiger partial charge is 0.326 e. The number of phenolic OH excluding ortho intramolecular Hbond substituents is 1. The molecule has 438 valence electrons. The minimum atomic E-state index is -1.85. The maximum atomic E-state index is 14.6. The number of aromatic hydroxyl groups is 1. The average Bonchev–Trinajstić information content (AvgIpc) is 3.41. The molecule has 11 atom stereocenters. The molecule has 0 aliphatic carbocycles. The Labute approximate surface area is 461 Å². The van der Waals surface area contributed by atoms with Crippen LogP contribution in [0.1, 0.15) is 83.3 Å². The maximum absolute atomic E-state index is 14.6. The van der Waals surface area contributed by atoms with Crippen molar-refractivity contribution in [2.24, 2.45) is 23.1 Å². The van der Waals surface area contributed by atoms with E-state index in [1.54, 1.807) is 50.4 Å². The van der Waals surface area contributed by atoms with E-state index >= 15 is 0 Å². The van der Waals surface area contributed by atoms with Crippen LogP contribution in [0.3, 0.4) is 0 Å². The standard InChI is InChI=1S/C51H77N11O16S/c1-5-27(2)41(61-43(69)32(53)25-40(67)68)49(75)60-38(26-63)48(74)62-42(28(3)64)50(76)56-33(13-9-10-21-52)44(70)58-37(24-30-14-16-31(65)17-15-30)47(73)59-36(23-29-11-7-6-8-12-29)46(72)55-34(18-19-39(54)66)45(71)57-35(51(77)78)20-22-79-4/h6-8,11-12,14-17,27-28,32-38,41-42,63-65H,5,9-10,13,18-26,52-53H2,1-4H3,(H2,54,66)(H,55,72)(H,56,76)(H,57,71)(H,58,70)(H,59,73)(H,60,75)(H,61,69)(H,62,74)(H,67,68)(H,77,78)/t27-,28+,32-,33-,34-,35-,36-,37-,38-,41-,42-/m0/s1. The van der Waals surface area contributed by atoms with Crippen LogP contribution in [0, 0.1) is 5.92 Å². The van der Waals surface area contributed by atoms with Gasteiger partial charge in [-0.2, -0.15) is 11.8 Å². The Hall–Kier alpha value is -7.40. The molecule has 0 unspecified atom stereocenters. The zero-order chi connectivity index (χ0) is 59.4. The number of benzene rings is 2. The van der Waals surface area contributed by atoms with Crippen LogP contribution in [0.25, 0.3) is 0 Å². The fourth-order valence-electron chi connectivity index (χ4n) is 7.65. The third-order valence-electron chi connectivity index (χ3n) is 12.4. The van der Waals surface area contributed by atoms with Gasteiger partial charge in [-0.25, -0.2) is 4.79 Å². The van der Waals surface area contributed by atoms with Gasteiger partial charge >= 0.3 is 11.9 Å². The fraction of sp³-hybridized carbons (Fsp3) is 0.549. The first kappa shape index (κ1) is 67.7. The summed E-state index contributed by atoms with van der Waals surface area (Å²) in [4.78, 5) is 146. The van der Waals surface area contributed by atoms with Gasteiger partial charge in [0.1, 0.15) is 54.1 Å². The summed E-state index contributed by atoms with van der Waals surface area (Å²) >= 11 is 1.34. The molecular weight excluding hydrogens is 1050 g/mol. The molecule has 0 aromatic heterocycles. The van der Waals surface area contributed by atoms with E-state index in [2.05, 4.69) is 42.5 Å². The second-order valence-corrected chi connectivity index (χ2v) is 19.8. The molecule has 27 nitrogen and oxygen atoms in total. The number of carbonyl (C=O) groups excluding carboxylic acids is 9. The number of unbranched alkanes of at least 4 members (excludes halogenated alkanes) is 1. The number of primary amides is 1. The van der Waals surface area contributed by atoms with Gasteiger partial charge in [0.05, 0.1) is 25.2 Å². The molecule has 2 aromatic rings. The lowest BCUT2D eigenvalue weighted by atomic mass is 9.97. The Morgan fingerprint density at radius 1 is 0.582 bits per heavy atom. The maximum Gasteiger partial charge on any atom is 0.326 e. The molecule has 0 aliphatic rings. The number of hydrogen-bond donors (Lipinski definition) is 16. The number of aliphatic hydroxyl groups excluding tert-OH is 2. The number of nitrogens with two attached hydrogens (primary N) is 3. The number of thioether (sulfide) groups is 1. The molecule has 0 fully saturated rings. The number of nitrogens with one attached hydrogen (secondary N) is 8. The first-order valence-electron chi connectivity index (χ1n) is 25.6. The topological polar surface area (TPSA) is 463 Å². The Bertz CT molecular complexity index is 2370. The number of carboxylic acids is 2. The van der Waals surface area contributed by atoms with Gasteiger partial charge in [-0.3, -0.25) is 47.9 Å². The number of carboxylic acid groups (broad SMARTS) is 2. The van der Waals surface area contributed by atoms with Crippen molar-refractivity contribution in [3.63, 3.8) is 0 Å². The van der Waals surface area contributed by atoms with Crippen LogP contribution < -0.4 is 59.7 Å². The van der Waals surface area contributed by atoms with Gasteiger partial charge in [-0.05, 0) is 86.8 Å². The number of rotatable bonds is 37. The third-order valence-corrected chi connectivity index (χ3v) is 13.1. The normalized spacial score (nSPS) is 15.2. The molecule has 79 heavy (non-hydrogen) atoms. The molecule has 0 spiro atoms. The molecule has 0 radical (unpaired) electrons. The second-order valence-electron chi connectivity index (χ2n) is 18.8. The fourth-order valence-corrected chi connectivity index (χ4v) is 8.13. The molecule has 28 heteroatoms. The monoisotopic (exact) mass is 1130 g/mol.